The van der Waals surface area contributed by atoms with Crippen LogP contribution in [0.3, 0.4) is 0 Å². The summed E-state index contributed by atoms with van der Waals surface area (Å²) in [5.41, 5.74) is 0.233. The Morgan fingerprint density at radius 1 is 1.08 bits per heavy atom. The number of carbonyl (C=O) groups is 1. The number of phenols is 1. The van der Waals surface area contributed by atoms with E-state index in [1.807, 2.05) is 0 Å². The molecule has 0 heterocycles. The van der Waals surface area contributed by atoms with Crippen molar-refractivity contribution < 1.29 is 14.6 Å². The number of anilines is 1. The molecule has 0 spiro atoms. The Morgan fingerprint density at radius 2 is 1.68 bits per heavy atom. The van der Waals surface area contributed by atoms with Crippen molar-refractivity contribution in [3.63, 3.8) is 0 Å². The smallest absolute Gasteiger partial charge is 0.261 e. The summed E-state index contributed by atoms with van der Waals surface area (Å²) in [7, 11) is 1.37. The minimum Gasteiger partial charge on any atom is -0.504 e. The number of rotatable bonds is 3. The molecule has 0 radical (unpaired) electrons. The number of nitrogens with one attached hydrogen (secondary N) is 2. The highest BCUT2D eigenvalue weighted by Crippen LogP contribution is 2.35. The largest absolute Gasteiger partial charge is 0.504 e. The van der Waals surface area contributed by atoms with Gasteiger partial charge in [-0.25, -0.2) is 0 Å². The number of benzene rings is 2. The Labute approximate surface area is 168 Å². The molecule has 0 aromatic heterocycles. The van der Waals surface area contributed by atoms with Gasteiger partial charge in [-0.3, -0.25) is 10.1 Å². The maximum Gasteiger partial charge on any atom is 0.261 e. The fourth-order valence-electron chi connectivity index (χ4n) is 1.92. The zero-order chi connectivity index (χ0) is 18.7. The highest BCUT2D eigenvalue weighted by Gasteiger charge is 2.18. The molecular formula is C15H10Cl4N2O3S. The molecule has 0 aliphatic heterocycles. The van der Waals surface area contributed by atoms with Crippen LogP contribution in [0.15, 0.2) is 24.3 Å². The van der Waals surface area contributed by atoms with Crippen molar-refractivity contribution in [2.45, 2.75) is 0 Å². The number of methoxy groups -OCH3 is 1. The molecule has 0 saturated carbocycles. The van der Waals surface area contributed by atoms with Gasteiger partial charge in [0.25, 0.3) is 5.91 Å². The van der Waals surface area contributed by atoms with E-state index in [4.69, 9.17) is 63.4 Å². The van der Waals surface area contributed by atoms with Crippen LogP contribution >= 0.6 is 58.6 Å². The molecule has 0 unspecified atom stereocenters. The average Bonchev–Trinajstić information content (AvgIpc) is 2.51. The quantitative estimate of drug-likeness (QED) is 0.456. The van der Waals surface area contributed by atoms with Gasteiger partial charge in [0.1, 0.15) is 5.75 Å². The Hall–Kier alpha value is -1.44. The van der Waals surface area contributed by atoms with Crippen LogP contribution in [0.5, 0.6) is 11.5 Å². The normalized spacial score (nSPS) is 10.3. The first-order valence-electron chi connectivity index (χ1n) is 6.56. The van der Waals surface area contributed by atoms with Crippen LogP contribution in [0.4, 0.5) is 5.69 Å². The molecule has 0 bridgehead atoms. The topological polar surface area (TPSA) is 70.6 Å². The van der Waals surface area contributed by atoms with Crippen LogP contribution in [-0.2, 0) is 0 Å². The molecule has 10 heteroatoms. The van der Waals surface area contributed by atoms with Crippen molar-refractivity contribution in [1.82, 2.24) is 5.32 Å². The molecule has 0 atom stereocenters. The van der Waals surface area contributed by atoms with Crippen LogP contribution < -0.4 is 15.4 Å². The number of amides is 1. The van der Waals surface area contributed by atoms with Crippen LogP contribution in [0.2, 0.25) is 20.1 Å². The summed E-state index contributed by atoms with van der Waals surface area (Å²) >= 11 is 28.7. The van der Waals surface area contributed by atoms with E-state index >= 15 is 0 Å². The van der Waals surface area contributed by atoms with Crippen molar-refractivity contribution in [3.05, 3.63) is 49.9 Å². The summed E-state index contributed by atoms with van der Waals surface area (Å²) < 4.78 is 5.11. The lowest BCUT2D eigenvalue weighted by molar-refractivity contribution is 0.0974. The second-order valence-corrected chi connectivity index (χ2v) is 6.76. The van der Waals surface area contributed by atoms with Crippen LogP contribution in [0.25, 0.3) is 0 Å². The molecule has 2 aromatic rings. The molecule has 3 N–H and O–H groups in total. The summed E-state index contributed by atoms with van der Waals surface area (Å²) in [5, 5.41) is 15.6. The predicted molar refractivity (Wildman–Crippen MR) is 105 cm³/mol. The van der Waals surface area contributed by atoms with E-state index in [9.17, 15) is 9.90 Å². The summed E-state index contributed by atoms with van der Waals surface area (Å²) in [6.07, 6.45) is 0. The van der Waals surface area contributed by atoms with Gasteiger partial charge in [0.15, 0.2) is 10.9 Å². The lowest BCUT2D eigenvalue weighted by Crippen LogP contribution is -2.34. The summed E-state index contributed by atoms with van der Waals surface area (Å²) in [4.78, 5) is 12.4. The van der Waals surface area contributed by atoms with Crippen LogP contribution in [-0.4, -0.2) is 23.2 Å². The average molecular weight is 440 g/mol. The molecule has 25 heavy (non-hydrogen) atoms. The lowest BCUT2D eigenvalue weighted by Gasteiger charge is -2.14. The Morgan fingerprint density at radius 3 is 2.32 bits per heavy atom. The fourth-order valence-corrected chi connectivity index (χ4v) is 3.19. The van der Waals surface area contributed by atoms with E-state index in [2.05, 4.69) is 10.6 Å². The summed E-state index contributed by atoms with van der Waals surface area (Å²) in [6, 6.07) is 5.60. The third kappa shape index (κ3) is 4.80. The van der Waals surface area contributed by atoms with Gasteiger partial charge in [0.05, 0.1) is 28.4 Å². The van der Waals surface area contributed by atoms with E-state index in [0.29, 0.717) is 0 Å². The van der Waals surface area contributed by atoms with Crippen molar-refractivity contribution in [2.24, 2.45) is 0 Å². The van der Waals surface area contributed by atoms with E-state index in [1.54, 1.807) is 0 Å². The minimum atomic E-state index is -0.605. The lowest BCUT2D eigenvalue weighted by atomic mass is 10.2. The maximum atomic E-state index is 12.4. The summed E-state index contributed by atoms with van der Waals surface area (Å²) in [5.74, 6) is -0.711. The third-order valence-electron chi connectivity index (χ3n) is 2.96. The van der Waals surface area contributed by atoms with Crippen molar-refractivity contribution in [2.75, 3.05) is 12.4 Å². The Kier molecular flexibility index (Phi) is 6.59. The molecule has 2 rings (SSSR count). The number of thiocarbonyl (C=S) groups is 1. The SMILES string of the molecule is COc1c(Cl)cc(Cl)cc1C(=O)NC(=S)Nc1cc(Cl)cc(Cl)c1O. The molecule has 0 aliphatic rings. The molecule has 0 saturated heterocycles. The van der Waals surface area contributed by atoms with Gasteiger partial charge in [0.2, 0.25) is 0 Å². The second-order valence-electron chi connectivity index (χ2n) is 4.66. The Balaban J connectivity index is 2.21. The van der Waals surface area contributed by atoms with Gasteiger partial charge in [0, 0.05) is 10.0 Å². The van der Waals surface area contributed by atoms with Gasteiger partial charge in [-0.15, -0.1) is 0 Å². The van der Waals surface area contributed by atoms with Gasteiger partial charge in [-0.1, -0.05) is 46.4 Å². The molecule has 1 amide bonds. The first-order valence-corrected chi connectivity index (χ1v) is 8.48. The monoisotopic (exact) mass is 438 g/mol. The van der Waals surface area contributed by atoms with Gasteiger partial charge in [-0.2, -0.15) is 0 Å². The van der Waals surface area contributed by atoms with Crippen molar-refractivity contribution >= 4 is 75.3 Å². The molecule has 2 aromatic carbocycles. The second kappa shape index (κ2) is 8.29. The van der Waals surface area contributed by atoms with Crippen LogP contribution in [0, 0.1) is 0 Å². The summed E-state index contributed by atoms with van der Waals surface area (Å²) in [6.45, 7) is 0. The van der Waals surface area contributed by atoms with Crippen LogP contribution in [0.1, 0.15) is 10.4 Å². The van der Waals surface area contributed by atoms with Gasteiger partial charge >= 0.3 is 0 Å². The Bertz CT molecular complexity index is 861. The van der Waals surface area contributed by atoms with E-state index in [1.165, 1.54) is 31.4 Å². The maximum absolute atomic E-state index is 12.4. The number of hydrogen-bond acceptors (Lipinski definition) is 4. The van der Waals surface area contributed by atoms with E-state index in [0.717, 1.165) is 0 Å². The predicted octanol–water partition coefficient (Wildman–Crippen LogP) is 5.14. The zero-order valence-corrected chi connectivity index (χ0v) is 16.3. The fraction of sp³-hybridized carbons (Fsp3) is 0.0667. The third-order valence-corrected chi connectivity index (χ3v) is 4.17. The van der Waals surface area contributed by atoms with Crippen molar-refractivity contribution in [1.29, 1.82) is 0 Å². The number of phenolic OH excluding ortho intramolecular Hbond substituents is 1. The van der Waals surface area contributed by atoms with Gasteiger partial charge < -0.3 is 15.2 Å². The first-order chi connectivity index (χ1) is 11.7. The molecule has 132 valence electrons. The highest BCUT2D eigenvalue weighted by molar-refractivity contribution is 7.80. The van der Waals surface area contributed by atoms with E-state index in [-0.39, 0.29) is 48.0 Å². The highest BCUT2D eigenvalue weighted by atomic mass is 35.5. The minimum absolute atomic E-state index is 0.0346. The molecule has 5 nitrogen and oxygen atoms in total. The molecule has 0 aliphatic carbocycles. The van der Waals surface area contributed by atoms with E-state index < -0.39 is 5.91 Å². The van der Waals surface area contributed by atoms with Crippen molar-refractivity contribution in [3.8, 4) is 11.5 Å². The number of hydrogen-bond donors (Lipinski definition) is 3. The number of halogens is 4. The standard InChI is InChI=1S/C15H10Cl4N2O3S/c1-24-13-8(2-6(16)4-10(13)19)14(23)21-15(25)20-11-5-7(17)3-9(18)12(11)22/h2-5,22H,1H3,(H2,20,21,23,25). The first kappa shape index (κ1) is 19.9. The number of aromatic hydroxyl groups is 1. The number of carbonyl (C=O) groups excluding carboxylic acids is 1. The van der Waals surface area contributed by atoms with Gasteiger partial charge in [-0.05, 0) is 36.5 Å². The molecule has 0 fully saturated rings. The molecular weight excluding hydrogens is 430 g/mol. The zero-order valence-electron chi connectivity index (χ0n) is 12.5. The number of ether oxygens (including phenoxy) is 1.